The van der Waals surface area contributed by atoms with Crippen LogP contribution in [0.3, 0.4) is 0 Å². The number of carbonyl (C=O) groups is 1. The zero-order valence-electron chi connectivity index (χ0n) is 20.1. The lowest BCUT2D eigenvalue weighted by atomic mass is 9.87. The number of nitrogens with one attached hydrogen (secondary N) is 1. The fraction of sp³-hybridized carbons (Fsp3) is 0.321. The van der Waals surface area contributed by atoms with Gasteiger partial charge in [-0.25, -0.2) is 4.39 Å². The summed E-state index contributed by atoms with van der Waals surface area (Å²) < 4.78 is 25.6. The predicted molar refractivity (Wildman–Crippen MR) is 138 cm³/mol. The molecule has 3 N–H and O–H groups in total. The van der Waals surface area contributed by atoms with Gasteiger partial charge in [0.1, 0.15) is 41.4 Å². The van der Waals surface area contributed by atoms with Crippen molar-refractivity contribution in [3.05, 3.63) is 82.6 Å². The number of aliphatic hydroxyl groups is 1. The summed E-state index contributed by atoms with van der Waals surface area (Å²) in [5.41, 5.74) is 1.34. The number of benzene rings is 3. The molecule has 3 aromatic carbocycles. The largest absolute Gasteiger partial charge is 0.506 e. The Morgan fingerprint density at radius 3 is 2.68 bits per heavy atom. The molecule has 1 spiro atoms. The van der Waals surface area contributed by atoms with Crippen molar-refractivity contribution in [3.8, 4) is 17.2 Å². The van der Waals surface area contributed by atoms with E-state index in [1.165, 1.54) is 18.2 Å². The maximum absolute atomic E-state index is 13.6. The van der Waals surface area contributed by atoms with E-state index >= 15 is 0 Å². The number of amides is 1. The van der Waals surface area contributed by atoms with E-state index in [1.807, 2.05) is 6.07 Å². The number of likely N-dealkylation sites (tertiary alicyclic amines) is 1. The van der Waals surface area contributed by atoms with Crippen LogP contribution < -0.4 is 14.8 Å². The van der Waals surface area contributed by atoms with Crippen LogP contribution in [-0.4, -0.2) is 59.0 Å². The number of halogens is 2. The van der Waals surface area contributed by atoms with Crippen LogP contribution in [-0.2, 0) is 6.42 Å². The summed E-state index contributed by atoms with van der Waals surface area (Å²) in [5, 5.41) is 23.5. The molecule has 0 aromatic heterocycles. The van der Waals surface area contributed by atoms with Crippen LogP contribution in [0.2, 0.25) is 5.02 Å². The van der Waals surface area contributed by atoms with Gasteiger partial charge in [0.2, 0.25) is 0 Å². The molecule has 2 aliphatic rings. The Labute approximate surface area is 219 Å². The monoisotopic (exact) mass is 526 g/mol. The lowest BCUT2D eigenvalue weighted by Gasteiger charge is -2.39. The number of ether oxygens (including phenoxy) is 2. The van der Waals surface area contributed by atoms with Crippen molar-refractivity contribution < 1.29 is 28.9 Å². The molecular formula is C28H28ClFN2O5. The van der Waals surface area contributed by atoms with Crippen molar-refractivity contribution in [2.45, 2.75) is 31.0 Å². The SMILES string of the molecule is O=C(Nc1cc(Cl)c(O)cc1OC[C@H](O)CN1CCC2(CC1)Cc1cc(F)ccc1O2)c1ccccc1. The molecule has 5 rings (SSSR count). The third-order valence-electron chi connectivity index (χ3n) is 6.86. The maximum atomic E-state index is 13.6. The van der Waals surface area contributed by atoms with Gasteiger partial charge in [0.15, 0.2) is 0 Å². The highest BCUT2D eigenvalue weighted by Gasteiger charge is 2.42. The Hall–Kier alpha value is -3.33. The third-order valence-corrected chi connectivity index (χ3v) is 7.17. The number of aliphatic hydroxyl groups excluding tert-OH is 1. The molecule has 1 saturated heterocycles. The Morgan fingerprint density at radius 2 is 1.92 bits per heavy atom. The molecule has 0 saturated carbocycles. The zero-order chi connectivity index (χ0) is 26.0. The fourth-order valence-electron chi connectivity index (χ4n) is 4.90. The van der Waals surface area contributed by atoms with Crippen LogP contribution in [0.4, 0.5) is 10.1 Å². The fourth-order valence-corrected chi connectivity index (χ4v) is 5.07. The predicted octanol–water partition coefficient (Wildman–Crippen LogP) is 4.65. The van der Waals surface area contributed by atoms with Crippen molar-refractivity contribution in [1.82, 2.24) is 4.90 Å². The molecule has 0 bridgehead atoms. The second kappa shape index (κ2) is 10.6. The van der Waals surface area contributed by atoms with E-state index in [-0.39, 0.29) is 46.1 Å². The summed E-state index contributed by atoms with van der Waals surface area (Å²) in [6.07, 6.45) is 1.44. The summed E-state index contributed by atoms with van der Waals surface area (Å²) in [6.45, 7) is 1.81. The first-order valence-electron chi connectivity index (χ1n) is 12.2. The highest BCUT2D eigenvalue weighted by Crippen LogP contribution is 2.41. The lowest BCUT2D eigenvalue weighted by Crippen LogP contribution is -2.49. The first-order chi connectivity index (χ1) is 17.8. The van der Waals surface area contributed by atoms with Gasteiger partial charge in [-0.3, -0.25) is 4.79 Å². The zero-order valence-corrected chi connectivity index (χ0v) is 20.9. The highest BCUT2D eigenvalue weighted by molar-refractivity contribution is 6.32. The Morgan fingerprint density at radius 1 is 1.16 bits per heavy atom. The molecule has 2 aliphatic heterocycles. The number of β-amino-alcohol motifs (C(OH)–C–C–N with tert-alkyl or cyclic N) is 1. The number of piperidine rings is 1. The molecule has 9 heteroatoms. The number of phenolic OH excluding ortho intramolecular Hbond substituents is 1. The molecular weight excluding hydrogens is 499 g/mol. The van der Waals surface area contributed by atoms with E-state index in [2.05, 4.69) is 10.2 Å². The molecule has 0 radical (unpaired) electrons. The van der Waals surface area contributed by atoms with Gasteiger partial charge in [-0.15, -0.1) is 0 Å². The van der Waals surface area contributed by atoms with E-state index < -0.39 is 6.10 Å². The average molecular weight is 527 g/mol. The van der Waals surface area contributed by atoms with E-state index in [0.717, 1.165) is 37.2 Å². The van der Waals surface area contributed by atoms with Crippen molar-refractivity contribution in [2.75, 3.05) is 31.6 Å². The van der Waals surface area contributed by atoms with Gasteiger partial charge >= 0.3 is 0 Å². The second-order valence-electron chi connectivity index (χ2n) is 9.60. The number of nitrogens with zero attached hydrogens (tertiary/aromatic N) is 1. The molecule has 1 atom stereocenters. The van der Waals surface area contributed by atoms with Crippen LogP contribution in [0.5, 0.6) is 17.2 Å². The summed E-state index contributed by atoms with van der Waals surface area (Å²) in [4.78, 5) is 14.7. The van der Waals surface area contributed by atoms with Crippen LogP contribution in [0, 0.1) is 5.82 Å². The molecule has 1 fully saturated rings. The van der Waals surface area contributed by atoms with Crippen molar-refractivity contribution in [1.29, 1.82) is 0 Å². The van der Waals surface area contributed by atoms with Gasteiger partial charge in [0.25, 0.3) is 5.91 Å². The lowest BCUT2D eigenvalue weighted by molar-refractivity contribution is -0.00192. The number of rotatable bonds is 7. The van der Waals surface area contributed by atoms with Crippen LogP contribution in [0.15, 0.2) is 60.7 Å². The van der Waals surface area contributed by atoms with Gasteiger partial charge in [-0.2, -0.15) is 0 Å². The number of hydrogen-bond donors (Lipinski definition) is 3. The summed E-state index contributed by atoms with van der Waals surface area (Å²) >= 11 is 6.05. The van der Waals surface area contributed by atoms with Gasteiger partial charge in [-0.05, 0) is 36.4 Å². The summed E-state index contributed by atoms with van der Waals surface area (Å²) in [7, 11) is 0. The quantitative estimate of drug-likeness (QED) is 0.388. The molecule has 194 valence electrons. The molecule has 3 aromatic rings. The van der Waals surface area contributed by atoms with E-state index in [0.29, 0.717) is 18.5 Å². The first kappa shape index (κ1) is 25.3. The Bertz CT molecular complexity index is 1280. The van der Waals surface area contributed by atoms with Crippen LogP contribution >= 0.6 is 11.6 Å². The standard InChI is InChI=1S/C28H28ClFN2O5/c29-22-13-23(31-27(35)18-4-2-1-3-5-18)26(14-24(22)34)36-17-21(33)16-32-10-8-28(9-11-32)15-19-12-20(30)6-7-25(19)37-28/h1-7,12-14,21,33-34H,8-11,15-17H2,(H,31,35)/t21-/m1/s1. The third kappa shape index (κ3) is 5.82. The molecule has 2 heterocycles. The summed E-state index contributed by atoms with van der Waals surface area (Å²) in [6, 6.07) is 16.1. The number of carbonyl (C=O) groups excluding carboxylic acids is 1. The van der Waals surface area contributed by atoms with Gasteiger partial charge in [-0.1, -0.05) is 29.8 Å². The number of phenols is 1. The first-order valence-corrected chi connectivity index (χ1v) is 12.6. The minimum Gasteiger partial charge on any atom is -0.506 e. The smallest absolute Gasteiger partial charge is 0.255 e. The average Bonchev–Trinajstić information content (AvgIpc) is 3.24. The molecule has 1 amide bonds. The minimum atomic E-state index is -0.805. The topological polar surface area (TPSA) is 91.3 Å². The maximum Gasteiger partial charge on any atom is 0.255 e. The van der Waals surface area contributed by atoms with E-state index in [1.54, 1.807) is 36.4 Å². The van der Waals surface area contributed by atoms with E-state index in [4.69, 9.17) is 21.1 Å². The molecule has 0 aliphatic carbocycles. The van der Waals surface area contributed by atoms with Crippen molar-refractivity contribution in [3.63, 3.8) is 0 Å². The number of anilines is 1. The molecule has 37 heavy (non-hydrogen) atoms. The minimum absolute atomic E-state index is 0.0435. The number of hydrogen-bond acceptors (Lipinski definition) is 6. The number of aromatic hydroxyl groups is 1. The van der Waals surface area contributed by atoms with Crippen LogP contribution in [0.1, 0.15) is 28.8 Å². The van der Waals surface area contributed by atoms with Crippen molar-refractivity contribution in [2.24, 2.45) is 0 Å². The summed E-state index contributed by atoms with van der Waals surface area (Å²) in [5.74, 6) is 0.158. The molecule has 7 nitrogen and oxygen atoms in total. The van der Waals surface area contributed by atoms with E-state index in [9.17, 15) is 19.4 Å². The second-order valence-corrected chi connectivity index (χ2v) is 10.0. The van der Waals surface area contributed by atoms with Gasteiger partial charge in [0.05, 0.1) is 10.7 Å². The number of fused-ring (bicyclic) bond motifs is 1. The Kier molecular flexibility index (Phi) is 7.24. The Balaban J connectivity index is 1.15. The van der Waals surface area contributed by atoms with Crippen molar-refractivity contribution >= 4 is 23.2 Å². The van der Waals surface area contributed by atoms with Gasteiger partial charge < -0.3 is 29.9 Å². The normalized spacial score (nSPS) is 17.2. The molecule has 0 unspecified atom stereocenters. The van der Waals surface area contributed by atoms with Crippen LogP contribution in [0.25, 0.3) is 0 Å². The van der Waals surface area contributed by atoms with Gasteiger partial charge in [0, 0.05) is 56.1 Å². The highest BCUT2D eigenvalue weighted by atomic mass is 35.5.